The van der Waals surface area contributed by atoms with Crippen LogP contribution in [0.15, 0.2) is 24.3 Å². The summed E-state index contributed by atoms with van der Waals surface area (Å²) in [7, 11) is 1.53. The van der Waals surface area contributed by atoms with Crippen LogP contribution in [0.25, 0.3) is 0 Å². The van der Waals surface area contributed by atoms with E-state index < -0.39 is 17.9 Å². The van der Waals surface area contributed by atoms with E-state index in [1.54, 1.807) is 32.0 Å². The smallest absolute Gasteiger partial charge is 0.322 e. The molecule has 0 aliphatic rings. The summed E-state index contributed by atoms with van der Waals surface area (Å²) < 4.78 is 10.7. The molecular weight excluding hydrogens is 262 g/mol. The van der Waals surface area contributed by atoms with Gasteiger partial charge in [0.05, 0.1) is 12.5 Å². The molecule has 0 heterocycles. The van der Waals surface area contributed by atoms with E-state index in [4.69, 9.17) is 14.6 Å². The highest BCUT2D eigenvalue weighted by Gasteiger charge is 2.29. The Morgan fingerprint density at radius 1 is 1.25 bits per heavy atom. The van der Waals surface area contributed by atoms with Crippen LogP contribution in [-0.4, -0.2) is 37.2 Å². The fraction of sp³-hybridized carbons (Fsp3) is 0.429. The highest BCUT2D eigenvalue weighted by Crippen LogP contribution is 2.28. The normalized spacial score (nSPS) is 10.8. The van der Waals surface area contributed by atoms with Crippen molar-refractivity contribution in [3.8, 4) is 11.5 Å². The lowest BCUT2D eigenvalue weighted by Crippen LogP contribution is -2.42. The number of hydrogen-bond donors (Lipinski definition) is 2. The van der Waals surface area contributed by atoms with E-state index in [2.05, 4.69) is 5.32 Å². The maximum atomic E-state index is 11.9. The monoisotopic (exact) mass is 281 g/mol. The zero-order chi connectivity index (χ0) is 15.2. The topological polar surface area (TPSA) is 84.9 Å². The van der Waals surface area contributed by atoms with Gasteiger partial charge in [-0.1, -0.05) is 12.1 Å². The first-order chi connectivity index (χ1) is 9.36. The Morgan fingerprint density at radius 2 is 1.85 bits per heavy atom. The number of hydrogen-bond acceptors (Lipinski definition) is 4. The van der Waals surface area contributed by atoms with Gasteiger partial charge in [0.2, 0.25) is 5.91 Å². The van der Waals surface area contributed by atoms with Crippen molar-refractivity contribution in [1.29, 1.82) is 0 Å². The number of aliphatic carboxylic acids is 1. The molecule has 1 aromatic carbocycles. The second-order valence-corrected chi connectivity index (χ2v) is 4.90. The zero-order valence-corrected chi connectivity index (χ0v) is 11.8. The van der Waals surface area contributed by atoms with Gasteiger partial charge in [-0.05, 0) is 26.0 Å². The Labute approximate surface area is 117 Å². The molecule has 0 saturated carbocycles. The summed E-state index contributed by atoms with van der Waals surface area (Å²) in [6, 6.07) is 7.11. The summed E-state index contributed by atoms with van der Waals surface area (Å²) in [4.78, 5) is 22.3. The van der Waals surface area contributed by atoms with Gasteiger partial charge in [-0.2, -0.15) is 0 Å². The molecule has 1 amide bonds. The van der Waals surface area contributed by atoms with Crippen LogP contribution in [-0.2, 0) is 9.59 Å². The minimum Gasteiger partial charge on any atom is -0.493 e. The predicted octanol–water partition coefficient (Wildman–Crippen LogP) is 1.30. The van der Waals surface area contributed by atoms with Crippen molar-refractivity contribution in [2.45, 2.75) is 13.8 Å². The number of nitrogens with one attached hydrogen (secondary N) is 1. The average molecular weight is 281 g/mol. The SMILES string of the molecule is COc1ccccc1OCC(C)(C)C(=O)NCC(=O)O. The minimum atomic E-state index is -1.08. The third kappa shape index (κ3) is 4.46. The number of carboxylic acids is 1. The zero-order valence-electron chi connectivity index (χ0n) is 11.8. The molecule has 110 valence electrons. The quantitative estimate of drug-likeness (QED) is 0.787. The minimum absolute atomic E-state index is 0.110. The van der Waals surface area contributed by atoms with Crippen molar-refractivity contribution in [1.82, 2.24) is 5.32 Å². The van der Waals surface area contributed by atoms with Crippen molar-refractivity contribution in [2.75, 3.05) is 20.3 Å². The van der Waals surface area contributed by atoms with Gasteiger partial charge in [-0.3, -0.25) is 9.59 Å². The first-order valence-electron chi connectivity index (χ1n) is 6.13. The maximum absolute atomic E-state index is 11.9. The molecule has 1 rings (SSSR count). The van der Waals surface area contributed by atoms with Gasteiger partial charge in [-0.15, -0.1) is 0 Å². The van der Waals surface area contributed by atoms with Crippen LogP contribution in [0.5, 0.6) is 11.5 Å². The van der Waals surface area contributed by atoms with Crippen molar-refractivity contribution < 1.29 is 24.2 Å². The number of amides is 1. The van der Waals surface area contributed by atoms with Crippen LogP contribution in [0.2, 0.25) is 0 Å². The number of carbonyl (C=O) groups excluding carboxylic acids is 1. The van der Waals surface area contributed by atoms with Crippen molar-refractivity contribution in [3.05, 3.63) is 24.3 Å². The highest BCUT2D eigenvalue weighted by atomic mass is 16.5. The Morgan fingerprint density at radius 3 is 2.40 bits per heavy atom. The molecule has 0 spiro atoms. The third-order valence-corrected chi connectivity index (χ3v) is 2.67. The van der Waals surface area contributed by atoms with Crippen molar-refractivity contribution in [2.24, 2.45) is 5.41 Å². The Balaban J connectivity index is 2.62. The number of methoxy groups -OCH3 is 1. The first kappa shape index (κ1) is 15.8. The molecule has 0 fully saturated rings. The van der Waals surface area contributed by atoms with Gasteiger partial charge in [0.25, 0.3) is 0 Å². The molecule has 0 aliphatic heterocycles. The largest absolute Gasteiger partial charge is 0.493 e. The van der Waals surface area contributed by atoms with Gasteiger partial charge in [0.15, 0.2) is 11.5 Å². The van der Waals surface area contributed by atoms with Gasteiger partial charge in [0.1, 0.15) is 13.2 Å². The fourth-order valence-electron chi connectivity index (χ4n) is 1.46. The molecule has 0 atom stereocenters. The average Bonchev–Trinajstić information content (AvgIpc) is 2.42. The van der Waals surface area contributed by atoms with Crippen molar-refractivity contribution >= 4 is 11.9 Å². The molecule has 20 heavy (non-hydrogen) atoms. The number of carbonyl (C=O) groups is 2. The molecule has 0 aromatic heterocycles. The molecular formula is C14H19NO5. The van der Waals surface area contributed by atoms with Crippen LogP contribution in [0.4, 0.5) is 0 Å². The summed E-state index contributed by atoms with van der Waals surface area (Å²) in [5.41, 5.74) is -0.851. The Hall–Kier alpha value is -2.24. The summed E-state index contributed by atoms with van der Waals surface area (Å²) >= 11 is 0. The van der Waals surface area contributed by atoms with E-state index >= 15 is 0 Å². The van der Waals surface area contributed by atoms with E-state index in [0.717, 1.165) is 0 Å². The molecule has 6 heteroatoms. The van der Waals surface area contributed by atoms with E-state index in [9.17, 15) is 9.59 Å². The second-order valence-electron chi connectivity index (χ2n) is 4.90. The lowest BCUT2D eigenvalue weighted by atomic mass is 9.93. The maximum Gasteiger partial charge on any atom is 0.322 e. The molecule has 2 N–H and O–H groups in total. The van der Waals surface area contributed by atoms with Crippen molar-refractivity contribution in [3.63, 3.8) is 0 Å². The Bertz CT molecular complexity index is 484. The van der Waals surface area contributed by atoms with Gasteiger partial charge < -0.3 is 19.9 Å². The number of rotatable bonds is 7. The first-order valence-corrected chi connectivity index (χ1v) is 6.13. The highest BCUT2D eigenvalue weighted by molar-refractivity contribution is 5.85. The summed E-state index contributed by atoms with van der Waals surface area (Å²) in [6.07, 6.45) is 0. The lowest BCUT2D eigenvalue weighted by molar-refractivity contribution is -0.140. The van der Waals surface area contributed by atoms with E-state index in [-0.39, 0.29) is 12.5 Å². The molecule has 0 radical (unpaired) electrons. The Kier molecular flexibility index (Phi) is 5.37. The standard InChI is InChI=1S/C14H19NO5/c1-14(2,13(18)15-8-12(16)17)9-20-11-7-5-4-6-10(11)19-3/h4-7H,8-9H2,1-3H3,(H,15,18)(H,16,17). The fourth-order valence-corrected chi connectivity index (χ4v) is 1.46. The van der Waals surface area contributed by atoms with Gasteiger partial charge >= 0.3 is 5.97 Å². The summed E-state index contributed by atoms with van der Waals surface area (Å²) in [5, 5.41) is 10.9. The van der Waals surface area contributed by atoms with Crippen LogP contribution in [0.1, 0.15) is 13.8 Å². The predicted molar refractivity (Wildman–Crippen MR) is 72.9 cm³/mol. The second kappa shape index (κ2) is 6.79. The number of para-hydroxylation sites is 2. The molecule has 0 unspecified atom stereocenters. The van der Waals surface area contributed by atoms with Gasteiger partial charge in [0, 0.05) is 0 Å². The van der Waals surface area contributed by atoms with Crippen LogP contribution < -0.4 is 14.8 Å². The van der Waals surface area contributed by atoms with E-state index in [0.29, 0.717) is 11.5 Å². The number of carboxylic acid groups (broad SMARTS) is 1. The molecule has 1 aromatic rings. The molecule has 6 nitrogen and oxygen atoms in total. The number of benzene rings is 1. The van der Waals surface area contributed by atoms with E-state index in [1.807, 2.05) is 6.07 Å². The van der Waals surface area contributed by atoms with Gasteiger partial charge in [-0.25, -0.2) is 0 Å². The summed E-state index contributed by atoms with van der Waals surface area (Å²) in [6.45, 7) is 3.06. The molecule has 0 aliphatic carbocycles. The lowest BCUT2D eigenvalue weighted by Gasteiger charge is -2.23. The van der Waals surface area contributed by atoms with Crippen LogP contribution in [0.3, 0.4) is 0 Å². The third-order valence-electron chi connectivity index (χ3n) is 2.67. The number of ether oxygens (including phenoxy) is 2. The van der Waals surface area contributed by atoms with E-state index in [1.165, 1.54) is 7.11 Å². The molecule has 0 saturated heterocycles. The summed E-state index contributed by atoms with van der Waals surface area (Å²) in [5.74, 6) is -0.349. The molecule has 0 bridgehead atoms. The van der Waals surface area contributed by atoms with Crippen LogP contribution in [0, 0.1) is 5.41 Å². The van der Waals surface area contributed by atoms with Crippen LogP contribution >= 0.6 is 0 Å².